The summed E-state index contributed by atoms with van der Waals surface area (Å²) < 4.78 is 26.0. The van der Waals surface area contributed by atoms with E-state index in [1.54, 1.807) is 24.5 Å². The summed E-state index contributed by atoms with van der Waals surface area (Å²) in [6.45, 7) is 4.12. The van der Waals surface area contributed by atoms with Gasteiger partial charge in [0.15, 0.2) is 0 Å². The Labute approximate surface area is 149 Å². The minimum Gasteiger partial charge on any atom is -0.218 e. The van der Waals surface area contributed by atoms with Crippen molar-refractivity contribution in [1.82, 2.24) is 0 Å². The Morgan fingerprint density at radius 1 is 1.04 bits per heavy atom. The molecule has 0 heterocycles. The normalized spacial score (nSPS) is 12.4. The van der Waals surface area contributed by atoms with Crippen molar-refractivity contribution in [3.8, 4) is 0 Å². The lowest BCUT2D eigenvalue weighted by Gasteiger charge is -2.08. The van der Waals surface area contributed by atoms with Gasteiger partial charge in [-0.15, -0.1) is 11.8 Å². The molecule has 0 radical (unpaired) electrons. The lowest BCUT2D eigenvalue weighted by atomic mass is 10.1. The minimum absolute atomic E-state index is 0.341. The molecular weight excluding hydrogens is 336 g/mol. The third-order valence-corrected chi connectivity index (χ3v) is 7.10. The van der Waals surface area contributed by atoms with Crippen LogP contribution in [0.4, 0.5) is 0 Å². The van der Waals surface area contributed by atoms with E-state index in [-0.39, 0.29) is 0 Å². The van der Waals surface area contributed by atoms with Gasteiger partial charge in [-0.25, -0.2) is 8.42 Å². The van der Waals surface area contributed by atoms with Crippen LogP contribution in [0.2, 0.25) is 0 Å². The highest BCUT2D eigenvalue weighted by atomic mass is 32.3. The maximum absolute atomic E-state index is 12.8. The first-order chi connectivity index (χ1) is 11.5. The third kappa shape index (κ3) is 4.74. The summed E-state index contributed by atoms with van der Waals surface area (Å²) in [7, 11) is -3.47. The number of rotatable bonds is 7. The van der Waals surface area contributed by atoms with Gasteiger partial charge < -0.3 is 0 Å². The second kappa shape index (κ2) is 8.54. The Bertz CT molecular complexity index is 787. The van der Waals surface area contributed by atoms with Crippen LogP contribution in [-0.4, -0.2) is 14.7 Å². The van der Waals surface area contributed by atoms with E-state index in [0.717, 1.165) is 17.5 Å². The number of benzene rings is 2. The van der Waals surface area contributed by atoms with E-state index >= 15 is 0 Å². The molecule has 0 unspecified atom stereocenters. The Hall–Kier alpha value is -1.52. The van der Waals surface area contributed by atoms with Crippen molar-refractivity contribution in [2.45, 2.75) is 38.0 Å². The fourth-order valence-corrected chi connectivity index (χ4v) is 4.82. The lowest BCUT2D eigenvalue weighted by Crippen LogP contribution is -2.02. The molecule has 0 amide bonds. The average molecular weight is 361 g/mol. The van der Waals surface area contributed by atoms with Crippen LogP contribution in [0.3, 0.4) is 0 Å². The summed E-state index contributed by atoms with van der Waals surface area (Å²) in [4.78, 5) is 0.341. The second-order valence-electron chi connectivity index (χ2n) is 5.83. The van der Waals surface area contributed by atoms with Crippen molar-refractivity contribution in [3.63, 3.8) is 0 Å². The highest BCUT2D eigenvalue weighted by molar-refractivity contribution is 8.18. The van der Waals surface area contributed by atoms with Crippen LogP contribution < -0.4 is 0 Å². The van der Waals surface area contributed by atoms with Gasteiger partial charge in [0.1, 0.15) is 4.24 Å². The number of hydrogen-bond acceptors (Lipinski definition) is 3. The molecule has 0 aliphatic carbocycles. The maximum atomic E-state index is 12.8. The van der Waals surface area contributed by atoms with Crippen LogP contribution in [0, 0.1) is 6.92 Å². The van der Waals surface area contributed by atoms with Crippen LogP contribution >= 0.6 is 11.8 Å². The molecule has 0 saturated carbocycles. The lowest BCUT2D eigenvalue weighted by molar-refractivity contribution is 0.604. The van der Waals surface area contributed by atoms with Crippen molar-refractivity contribution in [2.24, 2.45) is 0 Å². The Morgan fingerprint density at radius 2 is 1.67 bits per heavy atom. The maximum Gasteiger partial charge on any atom is 0.212 e. The van der Waals surface area contributed by atoms with Crippen LogP contribution in [0.25, 0.3) is 6.08 Å². The van der Waals surface area contributed by atoms with E-state index in [1.807, 2.05) is 31.2 Å². The zero-order valence-corrected chi connectivity index (χ0v) is 16.1. The number of hydrogen-bond donors (Lipinski definition) is 0. The quantitative estimate of drug-likeness (QED) is 0.656. The Morgan fingerprint density at radius 3 is 2.21 bits per heavy atom. The fraction of sp³-hybridized carbons (Fsp3) is 0.300. The molecule has 4 heteroatoms. The first kappa shape index (κ1) is 18.8. The van der Waals surface area contributed by atoms with Gasteiger partial charge in [-0.3, -0.25) is 0 Å². The molecule has 0 N–H and O–H groups in total. The van der Waals surface area contributed by atoms with Gasteiger partial charge >= 0.3 is 0 Å². The van der Waals surface area contributed by atoms with Crippen LogP contribution in [0.5, 0.6) is 0 Å². The van der Waals surface area contributed by atoms with Crippen molar-refractivity contribution < 1.29 is 8.42 Å². The predicted octanol–water partition coefficient (Wildman–Crippen LogP) is 5.47. The average Bonchev–Trinajstić information content (AvgIpc) is 2.59. The Kier molecular flexibility index (Phi) is 6.69. The predicted molar refractivity (Wildman–Crippen MR) is 105 cm³/mol. The molecule has 0 aliphatic rings. The smallest absolute Gasteiger partial charge is 0.212 e. The summed E-state index contributed by atoms with van der Waals surface area (Å²) in [6.07, 6.45) is 6.97. The molecule has 0 saturated heterocycles. The Balaban J connectivity index is 2.29. The van der Waals surface area contributed by atoms with Gasteiger partial charge in [-0.1, -0.05) is 55.3 Å². The molecule has 2 rings (SSSR count). The summed E-state index contributed by atoms with van der Waals surface area (Å²) >= 11 is 1.26. The highest BCUT2D eigenvalue weighted by Gasteiger charge is 2.19. The molecule has 0 aliphatic heterocycles. The number of thioether (sulfide) groups is 1. The number of sulfone groups is 1. The number of unbranched alkanes of at least 4 members (excludes halogenated alkanes) is 1. The SMILES string of the molecule is CCCCc1ccc(/C=C(\SC)S(=O)(=O)c2ccc(C)cc2)cc1. The molecule has 2 aromatic rings. The van der Waals surface area contributed by atoms with Gasteiger partial charge in [-0.2, -0.15) is 0 Å². The summed E-state index contributed by atoms with van der Waals surface area (Å²) in [5.74, 6) is 0. The van der Waals surface area contributed by atoms with Crippen LogP contribution in [0.15, 0.2) is 57.7 Å². The van der Waals surface area contributed by atoms with Crippen LogP contribution in [0.1, 0.15) is 36.5 Å². The van der Waals surface area contributed by atoms with E-state index in [2.05, 4.69) is 19.1 Å². The largest absolute Gasteiger partial charge is 0.218 e. The van der Waals surface area contributed by atoms with E-state index in [9.17, 15) is 8.42 Å². The number of aryl methyl sites for hydroxylation is 2. The van der Waals surface area contributed by atoms with Crippen molar-refractivity contribution >= 4 is 27.7 Å². The first-order valence-electron chi connectivity index (χ1n) is 8.13. The van der Waals surface area contributed by atoms with Crippen molar-refractivity contribution in [2.75, 3.05) is 6.26 Å². The van der Waals surface area contributed by atoms with E-state index < -0.39 is 9.84 Å². The molecule has 0 aromatic heterocycles. The summed E-state index contributed by atoms with van der Waals surface area (Å²) in [6, 6.07) is 15.1. The molecule has 2 nitrogen and oxygen atoms in total. The monoisotopic (exact) mass is 360 g/mol. The molecule has 2 aromatic carbocycles. The topological polar surface area (TPSA) is 34.1 Å². The highest BCUT2D eigenvalue weighted by Crippen LogP contribution is 2.29. The second-order valence-corrected chi connectivity index (χ2v) is 8.85. The van der Waals surface area contributed by atoms with Gasteiger partial charge in [0.2, 0.25) is 9.84 Å². The van der Waals surface area contributed by atoms with Gasteiger partial charge in [0.05, 0.1) is 4.90 Å². The fourth-order valence-electron chi connectivity index (χ4n) is 2.38. The molecule has 24 heavy (non-hydrogen) atoms. The molecule has 0 bridgehead atoms. The molecular formula is C20H24O2S2. The summed E-state index contributed by atoms with van der Waals surface area (Å²) in [5.41, 5.74) is 3.25. The third-order valence-electron chi connectivity index (χ3n) is 3.88. The van der Waals surface area contributed by atoms with E-state index in [0.29, 0.717) is 9.13 Å². The zero-order chi connectivity index (χ0) is 17.6. The van der Waals surface area contributed by atoms with Crippen LogP contribution in [-0.2, 0) is 16.3 Å². The van der Waals surface area contributed by atoms with Crippen molar-refractivity contribution in [3.05, 3.63) is 69.5 Å². The standard InChI is InChI=1S/C20H24O2S2/c1-4-5-6-17-9-11-18(12-10-17)15-20(23-3)24(21,22)19-13-7-16(2)8-14-19/h7-15H,4-6H2,1-3H3/b20-15+. The first-order valence-corrected chi connectivity index (χ1v) is 10.8. The molecule has 0 spiro atoms. The minimum atomic E-state index is -3.47. The van der Waals surface area contributed by atoms with Gasteiger partial charge in [0.25, 0.3) is 0 Å². The van der Waals surface area contributed by atoms with Gasteiger partial charge in [-0.05, 0) is 55.4 Å². The molecule has 0 atom stereocenters. The van der Waals surface area contributed by atoms with E-state index in [1.165, 1.54) is 30.2 Å². The van der Waals surface area contributed by atoms with Crippen molar-refractivity contribution in [1.29, 1.82) is 0 Å². The zero-order valence-electron chi connectivity index (χ0n) is 14.5. The summed E-state index contributed by atoms with van der Waals surface area (Å²) in [5, 5.41) is 0. The molecule has 0 fully saturated rings. The molecule has 128 valence electrons. The van der Waals surface area contributed by atoms with E-state index in [4.69, 9.17) is 0 Å². The van der Waals surface area contributed by atoms with Gasteiger partial charge in [0, 0.05) is 0 Å².